The summed E-state index contributed by atoms with van der Waals surface area (Å²) < 4.78 is 39.7. The summed E-state index contributed by atoms with van der Waals surface area (Å²) in [6.07, 6.45) is -4.35. The smallest absolute Gasteiger partial charge is 0.383 e. The van der Waals surface area contributed by atoms with E-state index in [1.54, 1.807) is 13.0 Å². The van der Waals surface area contributed by atoms with Crippen molar-refractivity contribution >= 4 is 11.4 Å². The maximum absolute atomic E-state index is 11.8. The van der Waals surface area contributed by atoms with E-state index in [4.69, 9.17) is 0 Å². The molecule has 0 unspecified atom stereocenters. The van der Waals surface area contributed by atoms with E-state index in [1.807, 2.05) is 0 Å². The van der Waals surface area contributed by atoms with E-state index >= 15 is 0 Å². The number of hydrogen-bond acceptors (Lipinski definition) is 4. The van der Waals surface area contributed by atoms with Crippen LogP contribution in [0.15, 0.2) is 18.2 Å². The number of rotatable bonds is 6. The van der Waals surface area contributed by atoms with Crippen LogP contribution in [0.3, 0.4) is 0 Å². The number of nitrogens with one attached hydrogen (secondary N) is 1. The maximum atomic E-state index is 11.8. The first-order valence-electron chi connectivity index (χ1n) is 5.42. The molecule has 1 rings (SSSR count). The molecule has 0 bridgehead atoms. The first kappa shape index (κ1) is 15.2. The SMILES string of the molecule is Cc1cc(NCCOCC(F)(F)F)cc([N+](=O)[O-])c1. The molecule has 106 valence electrons. The molecule has 0 aliphatic heterocycles. The molecule has 0 saturated heterocycles. The lowest BCUT2D eigenvalue weighted by Gasteiger charge is -2.09. The van der Waals surface area contributed by atoms with Crippen LogP contribution in [0.4, 0.5) is 24.5 Å². The van der Waals surface area contributed by atoms with Crippen LogP contribution in [0.5, 0.6) is 0 Å². The summed E-state index contributed by atoms with van der Waals surface area (Å²) in [4.78, 5) is 10.1. The quantitative estimate of drug-likeness (QED) is 0.493. The van der Waals surface area contributed by atoms with Gasteiger partial charge in [0.15, 0.2) is 0 Å². The first-order valence-corrected chi connectivity index (χ1v) is 5.42. The molecular weight excluding hydrogens is 265 g/mol. The first-order chi connectivity index (χ1) is 8.78. The standard InChI is InChI=1S/C11H13F3N2O3/c1-8-4-9(6-10(5-8)16(17)18)15-2-3-19-7-11(12,13)14/h4-6,15H,2-3,7H2,1H3. The van der Waals surface area contributed by atoms with E-state index in [-0.39, 0.29) is 18.8 Å². The van der Waals surface area contributed by atoms with Crippen molar-refractivity contribution in [3.05, 3.63) is 33.9 Å². The number of nitrogens with zero attached hydrogens (tertiary/aromatic N) is 1. The Balaban J connectivity index is 2.43. The molecule has 0 aliphatic carbocycles. The number of alkyl halides is 3. The Labute approximate surface area is 107 Å². The van der Waals surface area contributed by atoms with Crippen LogP contribution < -0.4 is 5.32 Å². The van der Waals surface area contributed by atoms with Gasteiger partial charge in [0.2, 0.25) is 0 Å². The fourth-order valence-electron chi connectivity index (χ4n) is 1.43. The number of ether oxygens (including phenoxy) is 1. The van der Waals surface area contributed by atoms with E-state index in [0.29, 0.717) is 11.3 Å². The van der Waals surface area contributed by atoms with Gasteiger partial charge >= 0.3 is 6.18 Å². The minimum absolute atomic E-state index is 0.0706. The Morgan fingerprint density at radius 1 is 1.37 bits per heavy atom. The largest absolute Gasteiger partial charge is 0.411 e. The lowest BCUT2D eigenvalue weighted by molar-refractivity contribution is -0.384. The van der Waals surface area contributed by atoms with E-state index in [0.717, 1.165) is 0 Å². The van der Waals surface area contributed by atoms with Crippen LogP contribution in [-0.2, 0) is 4.74 Å². The number of nitro benzene ring substituents is 1. The van der Waals surface area contributed by atoms with E-state index in [1.165, 1.54) is 12.1 Å². The minimum atomic E-state index is -4.35. The molecule has 0 fully saturated rings. The summed E-state index contributed by atoms with van der Waals surface area (Å²) in [5.74, 6) is 0. The Hall–Kier alpha value is -1.83. The number of non-ortho nitro benzene ring substituents is 1. The molecule has 0 saturated carbocycles. The van der Waals surface area contributed by atoms with Crippen LogP contribution >= 0.6 is 0 Å². The average molecular weight is 278 g/mol. The second-order valence-electron chi connectivity index (χ2n) is 3.91. The van der Waals surface area contributed by atoms with Gasteiger partial charge in [-0.1, -0.05) is 0 Å². The molecule has 0 amide bonds. The maximum Gasteiger partial charge on any atom is 0.411 e. The second-order valence-corrected chi connectivity index (χ2v) is 3.91. The van der Waals surface area contributed by atoms with E-state index < -0.39 is 17.7 Å². The predicted octanol–water partition coefficient (Wildman–Crippen LogP) is 2.89. The molecule has 0 radical (unpaired) electrons. The molecular formula is C11H13F3N2O3. The number of benzene rings is 1. The monoisotopic (exact) mass is 278 g/mol. The van der Waals surface area contributed by atoms with Crippen molar-refractivity contribution in [2.75, 3.05) is 25.1 Å². The van der Waals surface area contributed by atoms with Gasteiger partial charge < -0.3 is 10.1 Å². The third-order valence-electron chi connectivity index (χ3n) is 2.11. The summed E-state index contributed by atoms with van der Waals surface area (Å²) in [5.41, 5.74) is 1.09. The van der Waals surface area contributed by atoms with Crippen molar-refractivity contribution < 1.29 is 22.8 Å². The molecule has 19 heavy (non-hydrogen) atoms. The predicted molar refractivity (Wildman–Crippen MR) is 63.2 cm³/mol. The zero-order valence-corrected chi connectivity index (χ0v) is 10.2. The van der Waals surface area contributed by atoms with Crippen LogP contribution in [0.1, 0.15) is 5.56 Å². The number of anilines is 1. The fourth-order valence-corrected chi connectivity index (χ4v) is 1.43. The zero-order chi connectivity index (χ0) is 14.5. The summed E-state index contributed by atoms with van der Waals surface area (Å²) in [5, 5.41) is 13.4. The lowest BCUT2D eigenvalue weighted by Crippen LogP contribution is -2.20. The van der Waals surface area contributed by atoms with E-state index in [9.17, 15) is 23.3 Å². The molecule has 1 aromatic rings. The number of aryl methyl sites for hydroxylation is 1. The summed E-state index contributed by atoms with van der Waals surface area (Å²) in [6.45, 7) is 0.388. The van der Waals surface area contributed by atoms with Gasteiger partial charge in [-0.2, -0.15) is 13.2 Å². The summed E-state index contributed by atoms with van der Waals surface area (Å²) >= 11 is 0. The van der Waals surface area contributed by atoms with Crippen LogP contribution in [0.25, 0.3) is 0 Å². The average Bonchev–Trinajstić information content (AvgIpc) is 2.26. The van der Waals surface area contributed by atoms with Crippen molar-refractivity contribution in [3.63, 3.8) is 0 Å². The van der Waals surface area contributed by atoms with Crippen LogP contribution in [0.2, 0.25) is 0 Å². The summed E-state index contributed by atoms with van der Waals surface area (Å²) in [6, 6.07) is 4.39. The Bertz CT molecular complexity index is 449. The van der Waals surface area contributed by atoms with Crippen molar-refractivity contribution in [1.82, 2.24) is 0 Å². The van der Waals surface area contributed by atoms with Gasteiger partial charge in [0.05, 0.1) is 11.5 Å². The molecule has 0 atom stereocenters. The van der Waals surface area contributed by atoms with Gasteiger partial charge in [-0.3, -0.25) is 10.1 Å². The third kappa shape index (κ3) is 6.05. The van der Waals surface area contributed by atoms with Crippen molar-refractivity contribution in [1.29, 1.82) is 0 Å². The molecule has 1 N–H and O–H groups in total. The number of nitro groups is 1. The molecule has 5 nitrogen and oxygen atoms in total. The molecule has 0 aliphatic rings. The van der Waals surface area contributed by atoms with Gasteiger partial charge in [0.25, 0.3) is 5.69 Å². The van der Waals surface area contributed by atoms with Crippen LogP contribution in [-0.4, -0.2) is 30.9 Å². The van der Waals surface area contributed by atoms with Crippen molar-refractivity contribution in [3.8, 4) is 0 Å². The number of halogens is 3. The normalized spacial score (nSPS) is 11.4. The van der Waals surface area contributed by atoms with Gasteiger partial charge in [-0.05, 0) is 18.6 Å². The molecule has 8 heteroatoms. The highest BCUT2D eigenvalue weighted by Gasteiger charge is 2.27. The van der Waals surface area contributed by atoms with E-state index in [2.05, 4.69) is 10.1 Å². The third-order valence-corrected chi connectivity index (χ3v) is 2.11. The Morgan fingerprint density at radius 2 is 2.05 bits per heavy atom. The van der Waals surface area contributed by atoms with Crippen LogP contribution in [0, 0.1) is 17.0 Å². The zero-order valence-electron chi connectivity index (χ0n) is 10.2. The number of hydrogen-bond donors (Lipinski definition) is 1. The van der Waals surface area contributed by atoms with Gasteiger partial charge in [0.1, 0.15) is 6.61 Å². The van der Waals surface area contributed by atoms with Crippen molar-refractivity contribution in [2.45, 2.75) is 13.1 Å². The Kier molecular flexibility index (Phi) is 5.11. The van der Waals surface area contributed by atoms with Gasteiger partial charge in [-0.15, -0.1) is 0 Å². The Morgan fingerprint density at radius 3 is 2.63 bits per heavy atom. The second kappa shape index (κ2) is 6.37. The molecule has 0 spiro atoms. The molecule has 0 aromatic heterocycles. The summed E-state index contributed by atoms with van der Waals surface area (Å²) in [7, 11) is 0. The highest BCUT2D eigenvalue weighted by atomic mass is 19.4. The van der Waals surface area contributed by atoms with Gasteiger partial charge in [0, 0.05) is 24.4 Å². The highest BCUT2D eigenvalue weighted by Crippen LogP contribution is 2.20. The highest BCUT2D eigenvalue weighted by molar-refractivity contribution is 5.53. The molecule has 1 aromatic carbocycles. The van der Waals surface area contributed by atoms with Crippen molar-refractivity contribution in [2.24, 2.45) is 0 Å². The fraction of sp³-hybridized carbons (Fsp3) is 0.455. The molecule has 0 heterocycles. The minimum Gasteiger partial charge on any atom is -0.383 e. The topological polar surface area (TPSA) is 64.4 Å². The van der Waals surface area contributed by atoms with Gasteiger partial charge in [-0.25, -0.2) is 0 Å². The lowest BCUT2D eigenvalue weighted by atomic mass is 10.2.